The summed E-state index contributed by atoms with van der Waals surface area (Å²) in [6.07, 6.45) is 1.55. The van der Waals surface area contributed by atoms with Crippen LogP contribution in [-0.2, 0) is 0 Å². The third-order valence-electron chi connectivity index (χ3n) is 3.79. The number of pyridine rings is 1. The van der Waals surface area contributed by atoms with E-state index >= 15 is 0 Å². The van der Waals surface area contributed by atoms with Crippen LogP contribution in [0.2, 0.25) is 0 Å². The summed E-state index contributed by atoms with van der Waals surface area (Å²) in [5.74, 6) is 1.04. The third-order valence-corrected chi connectivity index (χ3v) is 3.79. The molecule has 1 aromatic heterocycles. The van der Waals surface area contributed by atoms with E-state index in [1.54, 1.807) is 36.4 Å². The quantitative estimate of drug-likeness (QED) is 0.653. The first kappa shape index (κ1) is 18.9. The Balaban J connectivity index is 1.70. The molecule has 6 heteroatoms. The number of rotatable bonds is 6. The standard InChI is InChI=1S/C22H20N4O2/c1-15(2)28-20-9-4-3-8-19(20)26-21-11-10-17(14-24-21)22(27)25-18-7-5-6-16(12-18)13-23/h3-12,14-15H,1-2H3,(H,24,26)(H,25,27). The summed E-state index contributed by atoms with van der Waals surface area (Å²) >= 11 is 0. The number of ether oxygens (including phenoxy) is 1. The first-order chi connectivity index (χ1) is 13.5. The second-order valence-electron chi connectivity index (χ2n) is 6.37. The molecule has 0 saturated heterocycles. The number of carbonyl (C=O) groups is 1. The molecule has 0 atom stereocenters. The van der Waals surface area contributed by atoms with Crippen molar-refractivity contribution in [1.82, 2.24) is 4.98 Å². The predicted octanol–water partition coefficient (Wildman–Crippen LogP) is 4.74. The monoisotopic (exact) mass is 372 g/mol. The smallest absolute Gasteiger partial charge is 0.257 e. The number of para-hydroxylation sites is 2. The number of carbonyl (C=O) groups excluding carboxylic acids is 1. The van der Waals surface area contributed by atoms with Gasteiger partial charge in [0, 0.05) is 11.9 Å². The molecule has 1 amide bonds. The van der Waals surface area contributed by atoms with Crippen molar-refractivity contribution in [3.63, 3.8) is 0 Å². The molecule has 0 aliphatic heterocycles. The topological polar surface area (TPSA) is 87.0 Å². The van der Waals surface area contributed by atoms with Crippen LogP contribution in [0.15, 0.2) is 66.9 Å². The van der Waals surface area contributed by atoms with E-state index in [-0.39, 0.29) is 12.0 Å². The molecular formula is C22H20N4O2. The maximum absolute atomic E-state index is 12.4. The summed E-state index contributed by atoms with van der Waals surface area (Å²) in [5.41, 5.74) is 2.26. The molecule has 0 spiro atoms. The maximum Gasteiger partial charge on any atom is 0.257 e. The third kappa shape index (κ3) is 4.86. The number of nitriles is 1. The van der Waals surface area contributed by atoms with E-state index in [9.17, 15) is 4.79 Å². The zero-order valence-corrected chi connectivity index (χ0v) is 15.6. The van der Waals surface area contributed by atoms with Crippen molar-refractivity contribution >= 4 is 23.1 Å². The van der Waals surface area contributed by atoms with Crippen molar-refractivity contribution in [1.29, 1.82) is 5.26 Å². The second-order valence-corrected chi connectivity index (χ2v) is 6.37. The van der Waals surface area contributed by atoms with Gasteiger partial charge in [0.2, 0.25) is 0 Å². The highest BCUT2D eigenvalue weighted by molar-refractivity contribution is 6.04. The number of benzene rings is 2. The number of nitrogens with zero attached hydrogens (tertiary/aromatic N) is 2. The van der Waals surface area contributed by atoms with Crippen molar-refractivity contribution in [2.45, 2.75) is 20.0 Å². The Morgan fingerprint density at radius 2 is 1.93 bits per heavy atom. The molecule has 140 valence electrons. The fraction of sp³-hybridized carbons (Fsp3) is 0.136. The molecule has 0 saturated carbocycles. The minimum Gasteiger partial charge on any atom is -0.489 e. The van der Waals surface area contributed by atoms with Crippen LogP contribution in [0.1, 0.15) is 29.8 Å². The van der Waals surface area contributed by atoms with E-state index in [4.69, 9.17) is 10.00 Å². The Kier molecular flexibility index (Phi) is 5.87. The molecule has 6 nitrogen and oxygen atoms in total. The number of hydrogen-bond donors (Lipinski definition) is 2. The van der Waals surface area contributed by atoms with Gasteiger partial charge in [0.1, 0.15) is 11.6 Å². The molecule has 3 rings (SSSR count). The first-order valence-corrected chi connectivity index (χ1v) is 8.85. The van der Waals surface area contributed by atoms with Crippen molar-refractivity contribution in [2.75, 3.05) is 10.6 Å². The molecule has 0 fully saturated rings. The average Bonchev–Trinajstić information content (AvgIpc) is 2.70. The molecule has 1 heterocycles. The summed E-state index contributed by atoms with van der Waals surface area (Å²) in [6, 6.07) is 19.8. The van der Waals surface area contributed by atoms with Gasteiger partial charge >= 0.3 is 0 Å². The van der Waals surface area contributed by atoms with E-state index in [2.05, 4.69) is 15.6 Å². The van der Waals surface area contributed by atoms with Gasteiger partial charge in [-0.15, -0.1) is 0 Å². The zero-order valence-electron chi connectivity index (χ0n) is 15.6. The van der Waals surface area contributed by atoms with Crippen molar-refractivity contribution in [3.05, 3.63) is 78.0 Å². The predicted molar refractivity (Wildman–Crippen MR) is 109 cm³/mol. The summed E-state index contributed by atoms with van der Waals surface area (Å²) in [5, 5.41) is 14.9. The molecule has 2 aromatic carbocycles. The lowest BCUT2D eigenvalue weighted by atomic mass is 10.2. The lowest BCUT2D eigenvalue weighted by Crippen LogP contribution is -2.12. The van der Waals surface area contributed by atoms with Crippen LogP contribution in [0.4, 0.5) is 17.2 Å². The van der Waals surface area contributed by atoms with Gasteiger partial charge in [-0.05, 0) is 56.3 Å². The van der Waals surface area contributed by atoms with Crippen LogP contribution in [0.25, 0.3) is 0 Å². The molecular weight excluding hydrogens is 352 g/mol. The zero-order chi connectivity index (χ0) is 19.9. The van der Waals surface area contributed by atoms with Gasteiger partial charge in [-0.3, -0.25) is 4.79 Å². The van der Waals surface area contributed by atoms with Crippen LogP contribution in [-0.4, -0.2) is 17.0 Å². The van der Waals surface area contributed by atoms with Crippen molar-refractivity contribution in [2.24, 2.45) is 0 Å². The normalized spacial score (nSPS) is 10.2. The Morgan fingerprint density at radius 3 is 2.64 bits per heavy atom. The summed E-state index contributed by atoms with van der Waals surface area (Å²) in [6.45, 7) is 3.93. The number of nitrogens with one attached hydrogen (secondary N) is 2. The lowest BCUT2D eigenvalue weighted by molar-refractivity contribution is 0.102. The highest BCUT2D eigenvalue weighted by Gasteiger charge is 2.09. The van der Waals surface area contributed by atoms with Gasteiger partial charge in [-0.1, -0.05) is 18.2 Å². The van der Waals surface area contributed by atoms with E-state index in [0.717, 1.165) is 11.4 Å². The minimum atomic E-state index is -0.294. The lowest BCUT2D eigenvalue weighted by Gasteiger charge is -2.15. The summed E-state index contributed by atoms with van der Waals surface area (Å²) < 4.78 is 5.79. The Hall–Kier alpha value is -3.85. The van der Waals surface area contributed by atoms with Crippen LogP contribution in [0.3, 0.4) is 0 Å². The molecule has 0 aliphatic carbocycles. The fourth-order valence-corrected chi connectivity index (χ4v) is 2.54. The van der Waals surface area contributed by atoms with Gasteiger partial charge < -0.3 is 15.4 Å². The molecule has 0 radical (unpaired) electrons. The Morgan fingerprint density at radius 1 is 1.11 bits per heavy atom. The molecule has 3 aromatic rings. The Bertz CT molecular complexity index is 1010. The van der Waals surface area contributed by atoms with Crippen LogP contribution in [0, 0.1) is 11.3 Å². The van der Waals surface area contributed by atoms with Crippen LogP contribution < -0.4 is 15.4 Å². The highest BCUT2D eigenvalue weighted by atomic mass is 16.5. The van der Waals surface area contributed by atoms with Gasteiger partial charge in [0.05, 0.1) is 29.0 Å². The minimum absolute atomic E-state index is 0.0570. The summed E-state index contributed by atoms with van der Waals surface area (Å²) in [7, 11) is 0. The number of amides is 1. The number of aromatic nitrogens is 1. The fourth-order valence-electron chi connectivity index (χ4n) is 2.54. The average molecular weight is 372 g/mol. The number of anilines is 3. The molecule has 0 unspecified atom stereocenters. The van der Waals surface area contributed by atoms with Gasteiger partial charge in [-0.2, -0.15) is 5.26 Å². The van der Waals surface area contributed by atoms with Gasteiger partial charge in [0.25, 0.3) is 5.91 Å². The summed E-state index contributed by atoms with van der Waals surface area (Å²) in [4.78, 5) is 16.7. The van der Waals surface area contributed by atoms with Crippen molar-refractivity contribution in [3.8, 4) is 11.8 Å². The van der Waals surface area contributed by atoms with Crippen LogP contribution in [0.5, 0.6) is 5.75 Å². The largest absolute Gasteiger partial charge is 0.489 e. The first-order valence-electron chi connectivity index (χ1n) is 8.85. The Labute approximate surface area is 163 Å². The van der Waals surface area contributed by atoms with Gasteiger partial charge in [0.15, 0.2) is 0 Å². The van der Waals surface area contributed by atoms with Crippen LogP contribution >= 0.6 is 0 Å². The van der Waals surface area contributed by atoms with E-state index < -0.39 is 0 Å². The molecule has 0 bridgehead atoms. The van der Waals surface area contributed by atoms with E-state index in [0.29, 0.717) is 22.6 Å². The van der Waals surface area contributed by atoms with E-state index in [1.807, 2.05) is 44.2 Å². The van der Waals surface area contributed by atoms with Gasteiger partial charge in [-0.25, -0.2) is 4.98 Å². The molecule has 2 N–H and O–H groups in total. The second kappa shape index (κ2) is 8.69. The maximum atomic E-state index is 12.4. The number of hydrogen-bond acceptors (Lipinski definition) is 5. The highest BCUT2D eigenvalue weighted by Crippen LogP contribution is 2.27. The van der Waals surface area contributed by atoms with E-state index in [1.165, 1.54) is 6.20 Å². The SMILES string of the molecule is CC(C)Oc1ccccc1Nc1ccc(C(=O)Nc2cccc(C#N)c2)cn1. The molecule has 0 aliphatic rings. The molecule has 28 heavy (non-hydrogen) atoms. The van der Waals surface area contributed by atoms with Crippen molar-refractivity contribution < 1.29 is 9.53 Å².